The van der Waals surface area contributed by atoms with Crippen molar-refractivity contribution in [2.45, 2.75) is 31.8 Å². The van der Waals surface area contributed by atoms with Crippen molar-refractivity contribution in [2.75, 3.05) is 11.1 Å². The highest BCUT2D eigenvalue weighted by Gasteiger charge is 2.18. The van der Waals surface area contributed by atoms with Crippen molar-refractivity contribution in [1.29, 1.82) is 0 Å². The van der Waals surface area contributed by atoms with Gasteiger partial charge in [-0.15, -0.1) is 10.2 Å². The monoisotopic (exact) mass is 477 g/mol. The number of para-hydroxylation sites is 1. The van der Waals surface area contributed by atoms with E-state index in [1.807, 2.05) is 60.0 Å². The van der Waals surface area contributed by atoms with Gasteiger partial charge >= 0.3 is 0 Å². The summed E-state index contributed by atoms with van der Waals surface area (Å²) < 4.78 is 1.93. The van der Waals surface area contributed by atoms with E-state index in [1.165, 1.54) is 11.8 Å². The van der Waals surface area contributed by atoms with E-state index in [0.29, 0.717) is 21.9 Å². The van der Waals surface area contributed by atoms with E-state index >= 15 is 0 Å². The summed E-state index contributed by atoms with van der Waals surface area (Å²) in [5, 5.41) is 13.1. The molecule has 0 aliphatic heterocycles. The van der Waals surface area contributed by atoms with Crippen LogP contribution in [-0.4, -0.2) is 31.4 Å². The number of hydrogen-bond acceptors (Lipinski definition) is 5. The van der Waals surface area contributed by atoms with E-state index in [4.69, 9.17) is 11.6 Å². The highest BCUT2D eigenvalue weighted by Crippen LogP contribution is 2.30. The number of halogens is 1. The second kappa shape index (κ2) is 10.2. The van der Waals surface area contributed by atoms with Crippen molar-refractivity contribution in [3.8, 4) is 17.1 Å². The number of thioether (sulfide) groups is 1. The molecule has 0 radical (unpaired) electrons. The maximum absolute atomic E-state index is 12.9. The van der Waals surface area contributed by atoms with Crippen LogP contribution in [0.25, 0.3) is 17.1 Å². The lowest BCUT2D eigenvalue weighted by Crippen LogP contribution is -2.17. The number of nitrogens with zero attached hydrogens (tertiary/aromatic N) is 4. The Balaban J connectivity index is 1.60. The highest BCUT2D eigenvalue weighted by molar-refractivity contribution is 7.99. The molecule has 0 saturated carbocycles. The first-order valence-electron chi connectivity index (χ1n) is 10.6. The van der Waals surface area contributed by atoms with E-state index in [2.05, 4.69) is 40.4 Å². The first kappa shape index (κ1) is 23.0. The Morgan fingerprint density at radius 1 is 1.06 bits per heavy atom. The lowest BCUT2D eigenvalue weighted by atomic mass is 9.98. The van der Waals surface area contributed by atoms with Crippen LogP contribution in [0, 0.1) is 6.92 Å². The minimum atomic E-state index is -0.0904. The number of aromatic nitrogens is 4. The van der Waals surface area contributed by atoms with Crippen LogP contribution >= 0.6 is 23.4 Å². The van der Waals surface area contributed by atoms with Gasteiger partial charge in [-0.1, -0.05) is 55.4 Å². The standard InChI is InChI=1S/C25H24ClN5OS/c1-16(2)21-6-4-5-17(3)23(21)28-22(32)15-33-25-30-29-24(18-11-13-27-14-12-18)31(25)20-9-7-19(26)8-10-20/h4-14,16H,15H2,1-3H3,(H,28,32). The molecule has 0 aliphatic rings. The molecule has 0 bridgehead atoms. The smallest absolute Gasteiger partial charge is 0.234 e. The molecule has 2 heterocycles. The largest absolute Gasteiger partial charge is 0.325 e. The molecule has 0 unspecified atom stereocenters. The average molecular weight is 478 g/mol. The number of carbonyl (C=O) groups is 1. The molecule has 2 aromatic heterocycles. The van der Waals surface area contributed by atoms with E-state index < -0.39 is 0 Å². The Bertz CT molecular complexity index is 1260. The number of carbonyl (C=O) groups excluding carboxylic acids is 1. The van der Waals surface area contributed by atoms with Crippen molar-refractivity contribution in [3.63, 3.8) is 0 Å². The SMILES string of the molecule is Cc1cccc(C(C)C)c1NC(=O)CSc1nnc(-c2ccncc2)n1-c1ccc(Cl)cc1. The Kier molecular flexibility index (Phi) is 7.11. The number of rotatable bonds is 7. The Hall–Kier alpha value is -3.16. The zero-order chi connectivity index (χ0) is 23.4. The zero-order valence-corrected chi connectivity index (χ0v) is 20.2. The van der Waals surface area contributed by atoms with Gasteiger partial charge in [-0.3, -0.25) is 14.3 Å². The molecule has 168 valence electrons. The number of amides is 1. The Labute approximate surface area is 202 Å². The van der Waals surface area contributed by atoms with Crippen LogP contribution in [0.3, 0.4) is 0 Å². The van der Waals surface area contributed by atoms with Gasteiger partial charge in [0.05, 0.1) is 5.75 Å². The molecule has 33 heavy (non-hydrogen) atoms. The van der Waals surface area contributed by atoms with Gasteiger partial charge in [0, 0.05) is 34.4 Å². The molecule has 4 aromatic rings. The average Bonchev–Trinajstić information content (AvgIpc) is 3.24. The molecule has 1 amide bonds. The fourth-order valence-electron chi connectivity index (χ4n) is 3.52. The lowest BCUT2D eigenvalue weighted by molar-refractivity contribution is -0.113. The fourth-order valence-corrected chi connectivity index (χ4v) is 4.40. The summed E-state index contributed by atoms with van der Waals surface area (Å²) in [5.74, 6) is 1.09. The van der Waals surface area contributed by atoms with Crippen LogP contribution < -0.4 is 5.32 Å². The van der Waals surface area contributed by atoms with Crippen LogP contribution in [0.5, 0.6) is 0 Å². The van der Waals surface area contributed by atoms with E-state index in [-0.39, 0.29) is 11.7 Å². The number of pyridine rings is 1. The van der Waals surface area contributed by atoms with Crippen molar-refractivity contribution in [1.82, 2.24) is 19.7 Å². The number of anilines is 1. The van der Waals surface area contributed by atoms with Gasteiger partial charge in [-0.25, -0.2) is 0 Å². The first-order valence-corrected chi connectivity index (χ1v) is 11.9. The molecule has 0 fully saturated rings. The van der Waals surface area contributed by atoms with E-state index in [9.17, 15) is 4.79 Å². The maximum atomic E-state index is 12.9. The predicted octanol–water partition coefficient (Wildman–Crippen LogP) is 6.15. The quantitative estimate of drug-likeness (QED) is 0.323. The summed E-state index contributed by atoms with van der Waals surface area (Å²) >= 11 is 7.43. The van der Waals surface area contributed by atoms with Crippen molar-refractivity contribution in [3.05, 3.63) is 83.1 Å². The molecule has 0 saturated heterocycles. The summed E-state index contributed by atoms with van der Waals surface area (Å²) in [5.41, 5.74) is 4.79. The van der Waals surface area contributed by atoms with E-state index in [1.54, 1.807) is 12.4 Å². The molecule has 0 spiro atoms. The number of aryl methyl sites for hydroxylation is 1. The second-order valence-corrected chi connectivity index (χ2v) is 9.26. The Morgan fingerprint density at radius 3 is 2.48 bits per heavy atom. The van der Waals surface area contributed by atoms with E-state index in [0.717, 1.165) is 28.1 Å². The Morgan fingerprint density at radius 2 is 1.79 bits per heavy atom. The minimum Gasteiger partial charge on any atom is -0.325 e. The number of hydrogen-bond donors (Lipinski definition) is 1. The number of nitrogens with one attached hydrogen (secondary N) is 1. The maximum Gasteiger partial charge on any atom is 0.234 e. The minimum absolute atomic E-state index is 0.0904. The van der Waals surface area contributed by atoms with Gasteiger partial charge in [0.2, 0.25) is 5.91 Å². The highest BCUT2D eigenvalue weighted by atomic mass is 35.5. The summed E-state index contributed by atoms with van der Waals surface area (Å²) in [6.07, 6.45) is 3.43. The molecule has 2 aromatic carbocycles. The summed E-state index contributed by atoms with van der Waals surface area (Å²) in [7, 11) is 0. The van der Waals surface area contributed by atoms with Crippen LogP contribution in [0.15, 0.2) is 72.1 Å². The molecular formula is C25H24ClN5OS. The van der Waals surface area contributed by atoms with Crippen molar-refractivity contribution < 1.29 is 4.79 Å². The first-order chi connectivity index (χ1) is 15.9. The van der Waals surface area contributed by atoms with Gasteiger partial charge in [-0.2, -0.15) is 0 Å². The molecule has 6 nitrogen and oxygen atoms in total. The summed E-state index contributed by atoms with van der Waals surface area (Å²) in [4.78, 5) is 17.0. The van der Waals surface area contributed by atoms with Gasteiger partial charge in [-0.05, 0) is 60.4 Å². The zero-order valence-electron chi connectivity index (χ0n) is 18.6. The topological polar surface area (TPSA) is 72.7 Å². The third-order valence-corrected chi connectivity index (χ3v) is 6.36. The summed E-state index contributed by atoms with van der Waals surface area (Å²) in [6, 6.07) is 17.3. The van der Waals surface area contributed by atoms with Crippen molar-refractivity contribution in [2.24, 2.45) is 0 Å². The third-order valence-electron chi connectivity index (χ3n) is 5.18. The molecule has 1 N–H and O–H groups in total. The van der Waals surface area contributed by atoms with Crippen LogP contribution in [0.1, 0.15) is 30.9 Å². The van der Waals surface area contributed by atoms with Crippen molar-refractivity contribution >= 4 is 35.0 Å². The van der Waals surface area contributed by atoms with Crippen LogP contribution in [-0.2, 0) is 4.79 Å². The fraction of sp³-hybridized carbons (Fsp3) is 0.200. The molecule has 8 heteroatoms. The summed E-state index contributed by atoms with van der Waals surface area (Å²) in [6.45, 7) is 6.25. The van der Waals surface area contributed by atoms with Gasteiger partial charge in [0.1, 0.15) is 0 Å². The lowest BCUT2D eigenvalue weighted by Gasteiger charge is -2.16. The van der Waals surface area contributed by atoms with Gasteiger partial charge in [0.15, 0.2) is 11.0 Å². The van der Waals surface area contributed by atoms with Gasteiger partial charge < -0.3 is 5.32 Å². The second-order valence-electron chi connectivity index (χ2n) is 7.88. The number of benzene rings is 2. The van der Waals surface area contributed by atoms with Gasteiger partial charge in [0.25, 0.3) is 0 Å². The molecule has 4 rings (SSSR count). The third kappa shape index (κ3) is 5.26. The normalized spacial score (nSPS) is 11.1. The van der Waals surface area contributed by atoms with Crippen LogP contribution in [0.4, 0.5) is 5.69 Å². The molecule has 0 aliphatic carbocycles. The predicted molar refractivity (Wildman–Crippen MR) is 134 cm³/mol. The van der Waals surface area contributed by atoms with Crippen LogP contribution in [0.2, 0.25) is 5.02 Å². The molecule has 0 atom stereocenters. The molecular weight excluding hydrogens is 454 g/mol.